The van der Waals surface area contributed by atoms with Crippen LogP contribution in [0, 0.1) is 0 Å². The molecule has 0 heterocycles. The van der Waals surface area contributed by atoms with Gasteiger partial charge in [-0.2, -0.15) is 0 Å². The van der Waals surface area contributed by atoms with Gasteiger partial charge in [-0.15, -0.1) is 0 Å². The van der Waals surface area contributed by atoms with Crippen LogP contribution in [0.25, 0.3) is 0 Å². The number of nitrogens with one attached hydrogen (secondary N) is 1. The van der Waals surface area contributed by atoms with Crippen molar-refractivity contribution in [1.82, 2.24) is 5.32 Å². The van der Waals surface area contributed by atoms with Crippen LogP contribution in [-0.2, 0) is 0 Å². The first-order chi connectivity index (χ1) is 5.84. The fraction of sp³-hybridized carbons (Fsp3) is 0.455. The molecule has 1 aromatic rings. The van der Waals surface area contributed by atoms with Crippen molar-refractivity contribution < 1.29 is 0 Å². The molecule has 0 spiro atoms. The number of rotatable bonds is 2. The largest absolute Gasteiger partial charge is 0.313 e. The van der Waals surface area contributed by atoms with Crippen LogP contribution >= 0.6 is 0 Å². The quantitative estimate of drug-likeness (QED) is 0.710. The van der Waals surface area contributed by atoms with Gasteiger partial charge in [-0.25, -0.2) is 0 Å². The third-order valence-corrected chi connectivity index (χ3v) is 1.73. The molecular weight excluding hydrogens is 146 g/mol. The van der Waals surface area contributed by atoms with Gasteiger partial charge in [0.15, 0.2) is 0 Å². The van der Waals surface area contributed by atoms with Crippen LogP contribution in [0.3, 0.4) is 0 Å². The molecular formula is C11H19N. The molecule has 1 nitrogen and oxygen atoms in total. The van der Waals surface area contributed by atoms with E-state index >= 15 is 0 Å². The van der Waals surface area contributed by atoms with Crippen molar-refractivity contribution in [3.63, 3.8) is 0 Å². The van der Waals surface area contributed by atoms with Gasteiger partial charge in [0.25, 0.3) is 0 Å². The van der Waals surface area contributed by atoms with Gasteiger partial charge >= 0.3 is 0 Å². The van der Waals surface area contributed by atoms with E-state index in [9.17, 15) is 0 Å². The summed E-state index contributed by atoms with van der Waals surface area (Å²) < 4.78 is 0. The minimum absolute atomic E-state index is 0.459. The summed E-state index contributed by atoms with van der Waals surface area (Å²) in [6.07, 6.45) is 0. The predicted molar refractivity (Wildman–Crippen MR) is 55.3 cm³/mol. The van der Waals surface area contributed by atoms with Crippen molar-refractivity contribution in [1.29, 1.82) is 0 Å². The highest BCUT2D eigenvalue weighted by Gasteiger charge is 1.97. The van der Waals surface area contributed by atoms with Crippen LogP contribution in [0.4, 0.5) is 0 Å². The Bertz CT molecular complexity index is 181. The molecule has 0 fully saturated rings. The van der Waals surface area contributed by atoms with Crippen molar-refractivity contribution in [2.45, 2.75) is 26.8 Å². The van der Waals surface area contributed by atoms with Crippen molar-refractivity contribution in [3.05, 3.63) is 35.9 Å². The van der Waals surface area contributed by atoms with Gasteiger partial charge in [-0.05, 0) is 19.5 Å². The molecule has 1 aromatic carbocycles. The first-order valence-electron chi connectivity index (χ1n) is 4.57. The van der Waals surface area contributed by atoms with Crippen LogP contribution in [0.1, 0.15) is 32.4 Å². The average Bonchev–Trinajstić information content (AvgIpc) is 2.21. The maximum absolute atomic E-state index is 3.18. The molecule has 0 radical (unpaired) electrons. The Morgan fingerprint density at radius 3 is 2.00 bits per heavy atom. The monoisotopic (exact) mass is 165 g/mol. The zero-order valence-corrected chi connectivity index (χ0v) is 8.46. The number of hydrogen-bond acceptors (Lipinski definition) is 1. The van der Waals surface area contributed by atoms with E-state index in [4.69, 9.17) is 0 Å². The highest BCUT2D eigenvalue weighted by Crippen LogP contribution is 2.09. The van der Waals surface area contributed by atoms with Gasteiger partial charge in [0.05, 0.1) is 0 Å². The summed E-state index contributed by atoms with van der Waals surface area (Å²) in [5, 5.41) is 3.18. The molecule has 0 saturated carbocycles. The van der Waals surface area contributed by atoms with Gasteiger partial charge in [0.2, 0.25) is 0 Å². The van der Waals surface area contributed by atoms with Crippen molar-refractivity contribution in [2.75, 3.05) is 7.05 Å². The van der Waals surface area contributed by atoms with Gasteiger partial charge in [0, 0.05) is 6.04 Å². The molecule has 0 aliphatic rings. The van der Waals surface area contributed by atoms with Crippen molar-refractivity contribution in [3.8, 4) is 0 Å². The van der Waals surface area contributed by atoms with Gasteiger partial charge in [-0.3, -0.25) is 0 Å². The summed E-state index contributed by atoms with van der Waals surface area (Å²) in [5.74, 6) is 0. The van der Waals surface area contributed by atoms with E-state index in [1.165, 1.54) is 5.56 Å². The molecule has 0 aliphatic heterocycles. The van der Waals surface area contributed by atoms with E-state index in [1.807, 2.05) is 27.0 Å². The van der Waals surface area contributed by atoms with E-state index in [1.54, 1.807) is 0 Å². The van der Waals surface area contributed by atoms with Gasteiger partial charge in [0.1, 0.15) is 0 Å². The lowest BCUT2D eigenvalue weighted by molar-refractivity contribution is 0.652. The molecule has 12 heavy (non-hydrogen) atoms. The third-order valence-electron chi connectivity index (χ3n) is 1.73. The lowest BCUT2D eigenvalue weighted by Gasteiger charge is -2.08. The molecule has 68 valence electrons. The van der Waals surface area contributed by atoms with E-state index in [0.29, 0.717) is 6.04 Å². The first kappa shape index (κ1) is 11.2. The average molecular weight is 165 g/mol. The second-order valence-electron chi connectivity index (χ2n) is 2.42. The Kier molecular flexibility index (Phi) is 6.39. The summed E-state index contributed by atoms with van der Waals surface area (Å²) in [6.45, 7) is 6.15. The number of hydrogen-bond donors (Lipinski definition) is 1. The highest BCUT2D eigenvalue weighted by atomic mass is 14.8. The molecule has 0 saturated heterocycles. The molecule has 1 atom stereocenters. The Hall–Kier alpha value is -0.820. The number of benzene rings is 1. The van der Waals surface area contributed by atoms with E-state index in [0.717, 1.165) is 0 Å². The highest BCUT2D eigenvalue weighted by molar-refractivity contribution is 5.17. The minimum Gasteiger partial charge on any atom is -0.313 e. The maximum atomic E-state index is 3.18. The zero-order valence-electron chi connectivity index (χ0n) is 8.46. The fourth-order valence-electron chi connectivity index (χ4n) is 0.908. The van der Waals surface area contributed by atoms with Gasteiger partial charge in [-0.1, -0.05) is 44.2 Å². The Labute approximate surface area is 75.8 Å². The minimum atomic E-state index is 0.459. The molecule has 0 aliphatic carbocycles. The van der Waals surface area contributed by atoms with Crippen LogP contribution in [0.15, 0.2) is 30.3 Å². The molecule has 1 heteroatoms. The van der Waals surface area contributed by atoms with Crippen molar-refractivity contribution in [2.24, 2.45) is 0 Å². The normalized spacial score (nSPS) is 11.3. The topological polar surface area (TPSA) is 12.0 Å². The molecule has 0 unspecified atom stereocenters. The molecule has 1 rings (SSSR count). The first-order valence-corrected chi connectivity index (χ1v) is 4.57. The summed E-state index contributed by atoms with van der Waals surface area (Å²) in [6, 6.07) is 10.9. The summed E-state index contributed by atoms with van der Waals surface area (Å²) >= 11 is 0. The summed E-state index contributed by atoms with van der Waals surface area (Å²) in [7, 11) is 1.97. The van der Waals surface area contributed by atoms with Crippen LogP contribution in [0.2, 0.25) is 0 Å². The van der Waals surface area contributed by atoms with Gasteiger partial charge < -0.3 is 5.32 Å². The summed E-state index contributed by atoms with van der Waals surface area (Å²) in [5.41, 5.74) is 1.34. The zero-order chi connectivity index (χ0) is 9.40. The molecule has 0 aromatic heterocycles. The summed E-state index contributed by atoms with van der Waals surface area (Å²) in [4.78, 5) is 0. The van der Waals surface area contributed by atoms with Crippen molar-refractivity contribution >= 4 is 0 Å². The smallest absolute Gasteiger partial charge is 0.0289 e. The van der Waals surface area contributed by atoms with Crippen LogP contribution < -0.4 is 5.32 Å². The maximum Gasteiger partial charge on any atom is 0.0289 e. The Morgan fingerprint density at radius 2 is 1.58 bits per heavy atom. The van der Waals surface area contributed by atoms with E-state index in [2.05, 4.69) is 36.5 Å². The Balaban J connectivity index is 0.000000561. The fourth-order valence-corrected chi connectivity index (χ4v) is 0.908. The predicted octanol–water partition coefficient (Wildman–Crippen LogP) is 2.99. The SMILES string of the molecule is CC.CN[C@H](C)c1ccccc1. The van der Waals surface area contributed by atoms with E-state index in [-0.39, 0.29) is 0 Å². The molecule has 0 bridgehead atoms. The van der Waals surface area contributed by atoms with E-state index < -0.39 is 0 Å². The second-order valence-corrected chi connectivity index (χ2v) is 2.42. The standard InChI is InChI=1S/C9H13N.C2H6/c1-8(10-2)9-6-4-3-5-7-9;1-2/h3-8,10H,1-2H3;1-2H3/t8-;/m1./s1. The lowest BCUT2D eigenvalue weighted by atomic mass is 10.1. The third kappa shape index (κ3) is 3.54. The molecule has 1 N–H and O–H groups in total. The molecule has 0 amide bonds. The Morgan fingerprint density at radius 1 is 1.08 bits per heavy atom. The van der Waals surface area contributed by atoms with Crippen LogP contribution in [0.5, 0.6) is 0 Å². The lowest BCUT2D eigenvalue weighted by Crippen LogP contribution is -2.11. The second kappa shape index (κ2) is 6.86. The van der Waals surface area contributed by atoms with Crippen LogP contribution in [-0.4, -0.2) is 7.05 Å².